The molecule has 0 saturated carbocycles. The van der Waals surface area contributed by atoms with Crippen molar-refractivity contribution in [2.24, 2.45) is 0 Å². The van der Waals surface area contributed by atoms with E-state index in [1.807, 2.05) is 24.4 Å². The summed E-state index contributed by atoms with van der Waals surface area (Å²) in [6.07, 6.45) is 1.43. The highest BCUT2D eigenvalue weighted by atomic mass is 32.1. The summed E-state index contributed by atoms with van der Waals surface area (Å²) in [5.41, 5.74) is -0.0161. The van der Waals surface area contributed by atoms with Crippen LogP contribution in [0.15, 0.2) is 27.1 Å². The predicted molar refractivity (Wildman–Crippen MR) is 78.4 cm³/mol. The Morgan fingerprint density at radius 2 is 2.20 bits per heavy atom. The van der Waals surface area contributed by atoms with Gasteiger partial charge in [0.15, 0.2) is 5.65 Å². The molecule has 3 aromatic rings. The number of nitrogens with zero attached hydrogens (tertiary/aromatic N) is 2. The minimum absolute atomic E-state index is 0.365. The first-order valence-corrected chi connectivity index (χ1v) is 7.31. The van der Waals surface area contributed by atoms with E-state index in [9.17, 15) is 9.59 Å². The average molecular weight is 290 g/mol. The fourth-order valence-electron chi connectivity index (χ4n) is 2.18. The number of aromatic nitrogens is 4. The molecule has 0 bridgehead atoms. The topological polar surface area (TPSA) is 83.5 Å². The van der Waals surface area contributed by atoms with Crippen LogP contribution in [0, 0.1) is 0 Å². The van der Waals surface area contributed by atoms with Crippen LogP contribution < -0.4 is 11.2 Å². The van der Waals surface area contributed by atoms with Gasteiger partial charge in [-0.2, -0.15) is 0 Å². The molecule has 6 nitrogen and oxygen atoms in total. The molecule has 104 valence electrons. The number of H-pyrrole nitrogens is 2. The monoisotopic (exact) mass is 290 g/mol. The fraction of sp³-hybridized carbons (Fsp3) is 0.308. The molecule has 3 rings (SSSR count). The van der Waals surface area contributed by atoms with Crippen molar-refractivity contribution in [1.29, 1.82) is 0 Å². The summed E-state index contributed by atoms with van der Waals surface area (Å²) in [6.45, 7) is 2.51. The molecule has 0 unspecified atom stereocenters. The minimum atomic E-state index is -0.415. The zero-order valence-corrected chi connectivity index (χ0v) is 11.8. The van der Waals surface area contributed by atoms with Crippen molar-refractivity contribution >= 4 is 22.5 Å². The summed E-state index contributed by atoms with van der Waals surface area (Å²) in [5, 5.41) is 2.00. The lowest BCUT2D eigenvalue weighted by Crippen LogP contribution is -2.30. The molecule has 0 aromatic carbocycles. The van der Waals surface area contributed by atoms with Crippen molar-refractivity contribution in [1.82, 2.24) is 19.5 Å². The molecule has 0 radical (unpaired) electrons. The normalized spacial score (nSPS) is 11.2. The summed E-state index contributed by atoms with van der Waals surface area (Å²) >= 11 is 1.64. The number of rotatable bonds is 4. The lowest BCUT2D eigenvalue weighted by Gasteiger charge is -2.02. The third kappa shape index (κ3) is 2.20. The zero-order valence-electron chi connectivity index (χ0n) is 11.0. The molecule has 0 atom stereocenters. The molecule has 0 saturated heterocycles. The Morgan fingerprint density at radius 3 is 2.90 bits per heavy atom. The molecule has 0 fully saturated rings. The van der Waals surface area contributed by atoms with Crippen molar-refractivity contribution in [3.8, 4) is 0 Å². The molecule has 0 aliphatic rings. The average Bonchev–Trinajstić information content (AvgIpc) is 3.04. The number of nitrogens with one attached hydrogen (secondary N) is 2. The number of aryl methyl sites for hydroxylation is 1. The maximum atomic E-state index is 11.8. The number of aromatic amines is 2. The van der Waals surface area contributed by atoms with Crippen LogP contribution in [0.25, 0.3) is 11.2 Å². The Kier molecular flexibility index (Phi) is 3.27. The highest BCUT2D eigenvalue weighted by Gasteiger charge is 2.12. The molecule has 0 spiro atoms. The lowest BCUT2D eigenvalue weighted by molar-refractivity contribution is 0.652. The highest BCUT2D eigenvalue weighted by molar-refractivity contribution is 7.09. The maximum absolute atomic E-state index is 11.8. The van der Waals surface area contributed by atoms with Crippen LogP contribution >= 0.6 is 11.3 Å². The van der Waals surface area contributed by atoms with Crippen molar-refractivity contribution in [2.75, 3.05) is 0 Å². The first-order valence-electron chi connectivity index (χ1n) is 6.43. The Hall–Kier alpha value is -2.15. The molecule has 0 aliphatic carbocycles. The Morgan fingerprint density at radius 1 is 1.35 bits per heavy atom. The Labute approximate surface area is 118 Å². The first-order chi connectivity index (χ1) is 9.69. The van der Waals surface area contributed by atoms with Crippen LogP contribution in [0.3, 0.4) is 0 Å². The molecule has 7 heteroatoms. The number of fused-ring (bicyclic) bond motifs is 1. The largest absolute Gasteiger partial charge is 0.336 e. The van der Waals surface area contributed by atoms with Gasteiger partial charge in [-0.1, -0.05) is 13.0 Å². The summed E-state index contributed by atoms with van der Waals surface area (Å²) in [7, 11) is 0. The maximum Gasteiger partial charge on any atom is 0.330 e. The van der Waals surface area contributed by atoms with Gasteiger partial charge in [-0.25, -0.2) is 9.78 Å². The van der Waals surface area contributed by atoms with E-state index in [-0.39, 0.29) is 0 Å². The van der Waals surface area contributed by atoms with E-state index < -0.39 is 11.2 Å². The molecule has 0 aliphatic heterocycles. The van der Waals surface area contributed by atoms with Crippen molar-refractivity contribution < 1.29 is 0 Å². The van der Waals surface area contributed by atoms with E-state index in [0.29, 0.717) is 30.0 Å². The smallest absolute Gasteiger partial charge is 0.330 e. The van der Waals surface area contributed by atoms with Gasteiger partial charge in [0.1, 0.15) is 11.3 Å². The summed E-state index contributed by atoms with van der Waals surface area (Å²) in [5.74, 6) is 0.698. The van der Waals surface area contributed by atoms with Crippen molar-refractivity contribution in [2.45, 2.75) is 26.3 Å². The van der Waals surface area contributed by atoms with Gasteiger partial charge in [0.05, 0.1) is 0 Å². The number of hydrogen-bond acceptors (Lipinski definition) is 4. The standard InChI is InChI=1S/C13H14N4O2S/c1-2-5-17-11-10(12(18)16-13(17)19)14-9(15-11)7-8-4-3-6-20-8/h3-4,6H,2,5,7H2,1H3,(H,14,15)(H,16,18,19). The van der Waals surface area contributed by atoms with Gasteiger partial charge in [-0.15, -0.1) is 11.3 Å². The SMILES string of the molecule is CCCn1c(=O)[nH]c(=O)c2[nH]c(Cc3cccs3)nc21. The summed E-state index contributed by atoms with van der Waals surface area (Å²) < 4.78 is 1.51. The van der Waals surface area contributed by atoms with Gasteiger partial charge in [-0.3, -0.25) is 14.3 Å². The van der Waals surface area contributed by atoms with E-state index in [2.05, 4.69) is 15.0 Å². The van der Waals surface area contributed by atoms with E-state index in [4.69, 9.17) is 0 Å². The summed E-state index contributed by atoms with van der Waals surface area (Å²) in [4.78, 5) is 34.6. The molecule has 3 heterocycles. The van der Waals surface area contributed by atoms with E-state index in [1.165, 1.54) is 4.57 Å². The predicted octanol–water partition coefficient (Wildman–Crippen LogP) is 1.48. The second-order valence-electron chi connectivity index (χ2n) is 4.55. The molecular weight excluding hydrogens is 276 g/mol. The van der Waals surface area contributed by atoms with Gasteiger partial charge in [-0.05, 0) is 17.9 Å². The lowest BCUT2D eigenvalue weighted by atomic mass is 10.3. The third-order valence-electron chi connectivity index (χ3n) is 3.05. The zero-order chi connectivity index (χ0) is 14.1. The second kappa shape index (κ2) is 5.09. The van der Waals surface area contributed by atoms with Crippen LogP contribution in [0.4, 0.5) is 0 Å². The van der Waals surface area contributed by atoms with Crippen LogP contribution in [0.5, 0.6) is 0 Å². The molecule has 2 N–H and O–H groups in total. The number of hydrogen-bond donors (Lipinski definition) is 2. The molecule has 0 amide bonds. The van der Waals surface area contributed by atoms with Crippen molar-refractivity contribution in [3.63, 3.8) is 0 Å². The fourth-order valence-corrected chi connectivity index (χ4v) is 2.89. The second-order valence-corrected chi connectivity index (χ2v) is 5.58. The Balaban J connectivity index is 2.14. The van der Waals surface area contributed by atoms with Crippen LogP contribution in [-0.4, -0.2) is 19.5 Å². The van der Waals surface area contributed by atoms with Gasteiger partial charge in [0.2, 0.25) is 0 Å². The van der Waals surface area contributed by atoms with Gasteiger partial charge < -0.3 is 4.98 Å². The molecule has 3 aromatic heterocycles. The van der Waals surface area contributed by atoms with E-state index in [1.54, 1.807) is 11.3 Å². The Bertz CT molecular complexity index is 841. The van der Waals surface area contributed by atoms with Gasteiger partial charge in [0, 0.05) is 17.8 Å². The van der Waals surface area contributed by atoms with Crippen LogP contribution in [0.2, 0.25) is 0 Å². The quantitative estimate of drug-likeness (QED) is 0.763. The minimum Gasteiger partial charge on any atom is -0.336 e. The molecular formula is C13H14N4O2S. The van der Waals surface area contributed by atoms with Crippen molar-refractivity contribution in [3.05, 3.63) is 49.1 Å². The van der Waals surface area contributed by atoms with E-state index in [0.717, 1.165) is 11.3 Å². The summed E-state index contributed by atoms with van der Waals surface area (Å²) in [6, 6.07) is 3.99. The van der Waals surface area contributed by atoms with Gasteiger partial charge in [0.25, 0.3) is 5.56 Å². The number of imidazole rings is 1. The number of thiophene rings is 1. The van der Waals surface area contributed by atoms with Crippen LogP contribution in [-0.2, 0) is 13.0 Å². The third-order valence-corrected chi connectivity index (χ3v) is 3.93. The van der Waals surface area contributed by atoms with Gasteiger partial charge >= 0.3 is 5.69 Å². The van der Waals surface area contributed by atoms with E-state index >= 15 is 0 Å². The highest BCUT2D eigenvalue weighted by Crippen LogP contribution is 2.14. The first kappa shape index (κ1) is 12.9. The molecule has 20 heavy (non-hydrogen) atoms. The van der Waals surface area contributed by atoms with Crippen LogP contribution in [0.1, 0.15) is 24.0 Å².